The van der Waals surface area contributed by atoms with Gasteiger partial charge in [-0.05, 0) is 24.6 Å². The molecule has 11 heavy (non-hydrogen) atoms. The summed E-state index contributed by atoms with van der Waals surface area (Å²) >= 11 is 0. The molecule has 2 heteroatoms. The highest BCUT2D eigenvalue weighted by molar-refractivity contribution is 5.74. The first-order valence-corrected chi connectivity index (χ1v) is 3.53. The van der Waals surface area contributed by atoms with E-state index in [0.29, 0.717) is 0 Å². The van der Waals surface area contributed by atoms with Gasteiger partial charge in [0, 0.05) is 13.3 Å². The standard InChI is InChI=1S/C9H12N2/c1-4-5-9-8(2)6-7-10-11(9)3/h4-7H,1H2,2-3H3/b9-5-. The molecule has 0 aliphatic carbocycles. The van der Waals surface area contributed by atoms with Gasteiger partial charge in [-0.1, -0.05) is 12.7 Å². The molecule has 0 spiro atoms. The molecule has 1 rings (SSSR count). The van der Waals surface area contributed by atoms with Crippen molar-refractivity contribution in [2.45, 2.75) is 6.92 Å². The molecule has 2 nitrogen and oxygen atoms in total. The SMILES string of the molecule is C=C/C=C1/C(C)=CC=NN1C. The Balaban J connectivity index is 2.95. The average Bonchev–Trinajstić information content (AvgIpc) is 1.97. The predicted molar refractivity (Wildman–Crippen MR) is 48.3 cm³/mol. The molecule has 0 amide bonds. The molecule has 0 saturated carbocycles. The van der Waals surface area contributed by atoms with Crippen LogP contribution in [0.1, 0.15) is 6.92 Å². The van der Waals surface area contributed by atoms with E-state index in [0.717, 1.165) is 5.70 Å². The molecular formula is C9H12N2. The van der Waals surface area contributed by atoms with Crippen LogP contribution < -0.4 is 0 Å². The largest absolute Gasteiger partial charge is 0.268 e. The van der Waals surface area contributed by atoms with Crippen molar-refractivity contribution in [2.75, 3.05) is 7.05 Å². The third-order valence-corrected chi connectivity index (χ3v) is 1.59. The summed E-state index contributed by atoms with van der Waals surface area (Å²) in [5.74, 6) is 0. The van der Waals surface area contributed by atoms with E-state index in [2.05, 4.69) is 18.6 Å². The van der Waals surface area contributed by atoms with Gasteiger partial charge >= 0.3 is 0 Å². The zero-order chi connectivity index (χ0) is 8.27. The lowest BCUT2D eigenvalue weighted by molar-refractivity contribution is 0.453. The van der Waals surface area contributed by atoms with Gasteiger partial charge in [-0.2, -0.15) is 5.10 Å². The Morgan fingerprint density at radius 3 is 2.91 bits per heavy atom. The van der Waals surface area contributed by atoms with E-state index in [4.69, 9.17) is 0 Å². The summed E-state index contributed by atoms with van der Waals surface area (Å²) in [6, 6.07) is 0. The third kappa shape index (κ3) is 1.58. The molecule has 1 heterocycles. The molecule has 0 saturated heterocycles. The minimum absolute atomic E-state index is 1.10. The lowest BCUT2D eigenvalue weighted by Gasteiger charge is -2.19. The molecule has 0 N–H and O–H groups in total. The van der Waals surface area contributed by atoms with Gasteiger partial charge in [0.15, 0.2) is 0 Å². The Kier molecular flexibility index (Phi) is 2.26. The maximum Gasteiger partial charge on any atom is 0.0620 e. The van der Waals surface area contributed by atoms with Crippen LogP contribution in [0.15, 0.2) is 41.2 Å². The molecule has 0 aromatic rings. The number of hydrogen-bond donors (Lipinski definition) is 0. The minimum atomic E-state index is 1.10. The Labute approximate surface area is 67.2 Å². The lowest BCUT2D eigenvalue weighted by Crippen LogP contribution is -2.14. The van der Waals surface area contributed by atoms with Crippen molar-refractivity contribution in [1.29, 1.82) is 0 Å². The molecule has 0 unspecified atom stereocenters. The molecule has 0 radical (unpaired) electrons. The first-order chi connectivity index (χ1) is 5.25. The topological polar surface area (TPSA) is 15.6 Å². The molecule has 0 atom stereocenters. The fourth-order valence-electron chi connectivity index (χ4n) is 0.999. The summed E-state index contributed by atoms with van der Waals surface area (Å²) in [5, 5.41) is 5.93. The van der Waals surface area contributed by atoms with Crippen LogP contribution in [0.3, 0.4) is 0 Å². The van der Waals surface area contributed by atoms with Crippen molar-refractivity contribution < 1.29 is 0 Å². The molecule has 0 aromatic heterocycles. The van der Waals surface area contributed by atoms with Crippen LogP contribution in [-0.2, 0) is 0 Å². The van der Waals surface area contributed by atoms with Crippen molar-refractivity contribution in [3.8, 4) is 0 Å². The van der Waals surface area contributed by atoms with Crippen LogP contribution in [-0.4, -0.2) is 18.3 Å². The van der Waals surface area contributed by atoms with E-state index in [1.54, 1.807) is 12.3 Å². The fraction of sp³-hybridized carbons (Fsp3) is 0.222. The highest BCUT2D eigenvalue weighted by Crippen LogP contribution is 2.15. The maximum atomic E-state index is 4.10. The van der Waals surface area contributed by atoms with E-state index in [-0.39, 0.29) is 0 Å². The van der Waals surface area contributed by atoms with Gasteiger partial charge in [0.05, 0.1) is 5.70 Å². The Morgan fingerprint density at radius 1 is 1.64 bits per heavy atom. The van der Waals surface area contributed by atoms with E-state index in [1.807, 2.05) is 24.2 Å². The first-order valence-electron chi connectivity index (χ1n) is 3.53. The molecule has 58 valence electrons. The fourth-order valence-corrected chi connectivity index (χ4v) is 0.999. The van der Waals surface area contributed by atoms with Gasteiger partial charge in [0.25, 0.3) is 0 Å². The van der Waals surface area contributed by atoms with E-state index in [1.165, 1.54) is 5.57 Å². The number of nitrogens with zero attached hydrogens (tertiary/aromatic N) is 2. The van der Waals surface area contributed by atoms with Crippen LogP contribution >= 0.6 is 0 Å². The molecule has 0 bridgehead atoms. The Bertz CT molecular complexity index is 246. The molecule has 1 aliphatic heterocycles. The highest BCUT2D eigenvalue weighted by Gasteiger charge is 2.06. The predicted octanol–water partition coefficient (Wildman–Crippen LogP) is 1.93. The van der Waals surface area contributed by atoms with Crippen molar-refractivity contribution in [2.24, 2.45) is 5.10 Å². The van der Waals surface area contributed by atoms with Gasteiger partial charge in [-0.25, -0.2) is 0 Å². The minimum Gasteiger partial charge on any atom is -0.268 e. The monoisotopic (exact) mass is 148 g/mol. The number of likely N-dealkylation sites (N-methyl/N-ethyl adjacent to an activating group) is 1. The highest BCUT2D eigenvalue weighted by atomic mass is 15.4. The Morgan fingerprint density at radius 2 is 2.36 bits per heavy atom. The summed E-state index contributed by atoms with van der Waals surface area (Å²) in [5.41, 5.74) is 2.31. The van der Waals surface area contributed by atoms with Gasteiger partial charge in [-0.15, -0.1) is 0 Å². The van der Waals surface area contributed by atoms with E-state index < -0.39 is 0 Å². The number of hydrogen-bond acceptors (Lipinski definition) is 2. The summed E-state index contributed by atoms with van der Waals surface area (Å²) in [4.78, 5) is 0. The summed E-state index contributed by atoms with van der Waals surface area (Å²) in [6.07, 6.45) is 7.48. The van der Waals surface area contributed by atoms with Gasteiger partial charge < -0.3 is 0 Å². The van der Waals surface area contributed by atoms with E-state index in [9.17, 15) is 0 Å². The summed E-state index contributed by atoms with van der Waals surface area (Å²) < 4.78 is 0. The van der Waals surface area contributed by atoms with Crippen LogP contribution in [0.4, 0.5) is 0 Å². The third-order valence-electron chi connectivity index (χ3n) is 1.59. The van der Waals surface area contributed by atoms with Gasteiger partial charge in [0.2, 0.25) is 0 Å². The van der Waals surface area contributed by atoms with Crippen molar-refractivity contribution in [3.63, 3.8) is 0 Å². The molecular weight excluding hydrogens is 136 g/mol. The van der Waals surface area contributed by atoms with Crippen molar-refractivity contribution in [1.82, 2.24) is 5.01 Å². The quantitative estimate of drug-likeness (QED) is 0.554. The van der Waals surface area contributed by atoms with Crippen LogP contribution in [0.25, 0.3) is 0 Å². The van der Waals surface area contributed by atoms with Crippen molar-refractivity contribution >= 4 is 6.21 Å². The first kappa shape index (κ1) is 7.79. The zero-order valence-electron chi connectivity index (χ0n) is 6.91. The molecule has 1 aliphatic rings. The lowest BCUT2D eigenvalue weighted by atomic mass is 10.2. The van der Waals surface area contributed by atoms with Crippen LogP contribution in [0, 0.1) is 0 Å². The normalized spacial score (nSPS) is 20.4. The van der Waals surface area contributed by atoms with Gasteiger partial charge in [-0.3, -0.25) is 5.01 Å². The smallest absolute Gasteiger partial charge is 0.0620 e. The second kappa shape index (κ2) is 3.19. The second-order valence-electron chi connectivity index (χ2n) is 2.43. The number of rotatable bonds is 1. The summed E-state index contributed by atoms with van der Waals surface area (Å²) in [7, 11) is 1.92. The van der Waals surface area contributed by atoms with Crippen molar-refractivity contribution in [3.05, 3.63) is 36.1 Å². The van der Waals surface area contributed by atoms with E-state index >= 15 is 0 Å². The number of allylic oxidation sites excluding steroid dienone is 4. The van der Waals surface area contributed by atoms with Gasteiger partial charge in [0.1, 0.15) is 0 Å². The molecule has 0 aromatic carbocycles. The zero-order valence-corrected chi connectivity index (χ0v) is 6.91. The summed E-state index contributed by atoms with van der Waals surface area (Å²) in [6.45, 7) is 5.69. The average molecular weight is 148 g/mol. The van der Waals surface area contributed by atoms with Crippen LogP contribution in [0.5, 0.6) is 0 Å². The van der Waals surface area contributed by atoms with Crippen LogP contribution in [0.2, 0.25) is 0 Å². The number of hydrazone groups is 1. The second-order valence-corrected chi connectivity index (χ2v) is 2.43. The molecule has 0 fully saturated rings. The maximum absolute atomic E-state index is 4.10. The Hall–Kier alpha value is -1.31.